The molecule has 0 aliphatic heterocycles. The highest BCUT2D eigenvalue weighted by Crippen LogP contribution is 2.43. The summed E-state index contributed by atoms with van der Waals surface area (Å²) in [5, 5.41) is 19.1. The van der Waals surface area contributed by atoms with E-state index in [0.717, 1.165) is 139 Å². The number of rotatable bonds is 23. The Morgan fingerprint density at radius 1 is 0.532 bits per heavy atom. The number of aryl methyl sites for hydroxylation is 1. The molecular formula is C67H63N5O6S. The Labute approximate surface area is 467 Å². The fraction of sp³-hybridized carbons (Fsp3) is 0.164. The molecule has 0 spiro atoms. The number of thiophene rings is 1. The van der Waals surface area contributed by atoms with Crippen LogP contribution < -0.4 is 33.6 Å². The van der Waals surface area contributed by atoms with Gasteiger partial charge in [0, 0.05) is 68.8 Å². The summed E-state index contributed by atoms with van der Waals surface area (Å²) in [5.41, 5.74) is 12.7. The summed E-state index contributed by atoms with van der Waals surface area (Å²) >= 11 is 1.52. The van der Waals surface area contributed by atoms with Crippen LogP contribution in [0, 0.1) is 11.3 Å². The third-order valence-corrected chi connectivity index (χ3v) is 15.0. The number of nitriles is 1. The lowest BCUT2D eigenvalue weighted by Gasteiger charge is -2.29. The van der Waals surface area contributed by atoms with E-state index in [2.05, 4.69) is 179 Å². The number of aromatic nitrogens is 1. The first-order chi connectivity index (χ1) is 38.6. The van der Waals surface area contributed by atoms with Crippen LogP contribution in [0.4, 0.5) is 51.2 Å². The van der Waals surface area contributed by atoms with Gasteiger partial charge in [-0.1, -0.05) is 44.4 Å². The van der Waals surface area contributed by atoms with Gasteiger partial charge in [0.2, 0.25) is 0 Å². The normalized spacial score (nSPS) is 11.3. The summed E-state index contributed by atoms with van der Waals surface area (Å²) in [7, 11) is 8.74. The molecule has 7 aromatic carbocycles. The summed E-state index contributed by atoms with van der Waals surface area (Å²) < 4.78 is 24.2. The minimum atomic E-state index is -1.23. The van der Waals surface area contributed by atoms with Crippen LogP contribution in [0.2, 0.25) is 0 Å². The zero-order valence-corrected chi connectivity index (χ0v) is 46.1. The first kappa shape index (κ1) is 54.4. The van der Waals surface area contributed by atoms with Gasteiger partial charge in [-0.15, -0.1) is 11.3 Å². The van der Waals surface area contributed by atoms with E-state index in [1.54, 1.807) is 28.4 Å². The van der Waals surface area contributed by atoms with Crippen molar-refractivity contribution in [3.63, 3.8) is 0 Å². The largest absolute Gasteiger partial charge is 0.497 e. The van der Waals surface area contributed by atoms with E-state index in [1.807, 2.05) is 60.7 Å². The molecule has 0 saturated heterocycles. The molecular weight excluding hydrogens is 1000 g/mol. The summed E-state index contributed by atoms with van der Waals surface area (Å²) in [6, 6.07) is 66.1. The van der Waals surface area contributed by atoms with Crippen molar-refractivity contribution in [3.05, 3.63) is 215 Å². The SMILES string of the molecule is CCCCCCc1cc(C=C(C#N)C(=O)O)sc1-c1ccc(C=Cc2ccc(N(c3ccc(N(c4ccc(OC)cc4)c4ccc(OC)cc4)cc3)c3ccc(N(c4ccc(OC)cc4)c4ccc(OC)cc4)cc3)cc2)n1C. The molecule has 0 saturated carbocycles. The van der Waals surface area contributed by atoms with Gasteiger partial charge >= 0.3 is 5.97 Å². The lowest BCUT2D eigenvalue weighted by atomic mass is 10.1. The van der Waals surface area contributed by atoms with Crippen LogP contribution in [0.3, 0.4) is 0 Å². The van der Waals surface area contributed by atoms with E-state index < -0.39 is 5.97 Å². The Hall–Kier alpha value is -9.44. The van der Waals surface area contributed by atoms with E-state index in [1.165, 1.54) is 17.4 Å². The van der Waals surface area contributed by atoms with Crippen molar-refractivity contribution in [2.75, 3.05) is 43.1 Å². The molecule has 2 heterocycles. The number of ether oxygens (including phenoxy) is 4. The third-order valence-electron chi connectivity index (χ3n) is 13.8. The summed E-state index contributed by atoms with van der Waals surface area (Å²) in [4.78, 5) is 20.3. The Kier molecular flexibility index (Phi) is 17.6. The molecule has 0 amide bonds. The second kappa shape index (κ2) is 25.6. The van der Waals surface area contributed by atoms with Gasteiger partial charge < -0.3 is 43.3 Å². The Balaban J connectivity index is 1.06. The van der Waals surface area contributed by atoms with Crippen molar-refractivity contribution < 1.29 is 28.8 Å². The number of carboxylic acids is 1. The third kappa shape index (κ3) is 12.7. The average molecular weight is 1070 g/mol. The summed E-state index contributed by atoms with van der Waals surface area (Å²) in [6.45, 7) is 2.20. The fourth-order valence-corrected chi connectivity index (χ4v) is 10.8. The number of anilines is 9. The summed E-state index contributed by atoms with van der Waals surface area (Å²) in [5.74, 6) is 1.88. The van der Waals surface area contributed by atoms with Crippen molar-refractivity contribution >= 4 is 86.7 Å². The second-order valence-corrected chi connectivity index (χ2v) is 19.8. The molecule has 79 heavy (non-hydrogen) atoms. The van der Waals surface area contributed by atoms with E-state index in [0.29, 0.717) is 0 Å². The molecule has 11 nitrogen and oxygen atoms in total. The number of hydrogen-bond acceptors (Lipinski definition) is 10. The molecule has 0 radical (unpaired) electrons. The van der Waals surface area contributed by atoms with Gasteiger partial charge in [0.05, 0.1) is 39.0 Å². The number of unbranched alkanes of at least 4 members (excludes halogenated alkanes) is 3. The maximum atomic E-state index is 11.7. The highest BCUT2D eigenvalue weighted by molar-refractivity contribution is 7.16. The number of aliphatic carboxylic acids is 1. The van der Waals surface area contributed by atoms with E-state index >= 15 is 0 Å². The van der Waals surface area contributed by atoms with Gasteiger partial charge in [-0.25, -0.2) is 4.79 Å². The van der Waals surface area contributed by atoms with Crippen LogP contribution in [0.5, 0.6) is 23.0 Å². The first-order valence-corrected chi connectivity index (χ1v) is 27.0. The Morgan fingerprint density at radius 2 is 0.899 bits per heavy atom. The van der Waals surface area contributed by atoms with Crippen molar-refractivity contribution in [2.24, 2.45) is 7.05 Å². The van der Waals surface area contributed by atoms with E-state index in [-0.39, 0.29) is 5.57 Å². The molecule has 9 rings (SSSR count). The first-order valence-electron chi connectivity index (χ1n) is 26.2. The molecule has 12 heteroatoms. The van der Waals surface area contributed by atoms with E-state index in [9.17, 15) is 15.2 Å². The number of nitrogens with zero attached hydrogens (tertiary/aromatic N) is 5. The predicted molar refractivity (Wildman–Crippen MR) is 323 cm³/mol. The van der Waals surface area contributed by atoms with E-state index in [4.69, 9.17) is 18.9 Å². The van der Waals surface area contributed by atoms with Crippen LogP contribution in [0.1, 0.15) is 54.3 Å². The smallest absolute Gasteiger partial charge is 0.346 e. The van der Waals surface area contributed by atoms with Crippen molar-refractivity contribution in [1.82, 2.24) is 4.57 Å². The zero-order valence-electron chi connectivity index (χ0n) is 45.3. The minimum Gasteiger partial charge on any atom is -0.497 e. The van der Waals surface area contributed by atoms with Gasteiger partial charge in [-0.3, -0.25) is 0 Å². The molecule has 9 aromatic rings. The van der Waals surface area contributed by atoms with Crippen LogP contribution in [0.25, 0.3) is 28.8 Å². The monoisotopic (exact) mass is 1070 g/mol. The van der Waals surface area contributed by atoms with Gasteiger partial charge in [-0.2, -0.15) is 5.26 Å². The second-order valence-electron chi connectivity index (χ2n) is 18.7. The highest BCUT2D eigenvalue weighted by Gasteiger charge is 2.20. The lowest BCUT2D eigenvalue weighted by Crippen LogP contribution is -2.13. The van der Waals surface area contributed by atoms with Gasteiger partial charge in [0.1, 0.15) is 34.6 Å². The van der Waals surface area contributed by atoms with Gasteiger partial charge in [0.25, 0.3) is 0 Å². The number of methoxy groups -OCH3 is 4. The quantitative estimate of drug-likeness (QED) is 0.0377. The lowest BCUT2D eigenvalue weighted by molar-refractivity contribution is -0.132. The standard InChI is InChI=1S/C67H63N5O6S/c1-7-8-9-10-11-48-44-64(45-49(46-68)67(73)74)79-66(48)65-43-34-50(69(65)2)15-12-47-13-16-51(17-14-47)70(52-18-22-54(23-19-52)71(56-26-35-60(75-3)36-27-56)57-28-37-61(76-4)38-29-57)53-20-24-55(25-21-53)72(58-30-39-62(77-5)40-31-58)59-32-41-63(78-6)42-33-59/h12-45H,7-11H2,1-6H3,(H,73,74). The molecule has 1 N–H and O–H groups in total. The Bertz CT molecular complexity index is 3320. The average Bonchev–Trinajstić information content (AvgIpc) is 4.08. The van der Waals surface area contributed by atoms with Crippen molar-refractivity contribution in [2.45, 2.75) is 39.0 Å². The van der Waals surface area contributed by atoms with Gasteiger partial charge in [-0.05, 0) is 212 Å². The van der Waals surface area contributed by atoms with Crippen LogP contribution in [0.15, 0.2) is 194 Å². The number of hydrogen-bond donors (Lipinski definition) is 1. The van der Waals surface area contributed by atoms with Crippen molar-refractivity contribution in [3.8, 4) is 39.6 Å². The van der Waals surface area contributed by atoms with Gasteiger partial charge in [0.15, 0.2) is 0 Å². The number of benzene rings is 7. The van der Waals surface area contributed by atoms with Crippen molar-refractivity contribution in [1.29, 1.82) is 5.26 Å². The maximum absolute atomic E-state index is 11.7. The molecule has 0 unspecified atom stereocenters. The minimum absolute atomic E-state index is 0.276. The van der Waals surface area contributed by atoms with Crippen LogP contribution >= 0.6 is 11.3 Å². The molecule has 0 fully saturated rings. The topological polar surface area (TPSA) is 113 Å². The number of carboxylic acid groups (broad SMARTS) is 1. The molecule has 0 aliphatic rings. The number of carbonyl (C=O) groups is 1. The molecule has 398 valence electrons. The molecule has 0 aliphatic carbocycles. The summed E-state index contributed by atoms with van der Waals surface area (Å²) in [6.07, 6.45) is 11.1. The molecule has 2 aromatic heterocycles. The maximum Gasteiger partial charge on any atom is 0.346 e. The molecule has 0 bridgehead atoms. The zero-order chi connectivity index (χ0) is 55.3. The van der Waals surface area contributed by atoms with Crippen LogP contribution in [-0.4, -0.2) is 44.1 Å². The highest BCUT2D eigenvalue weighted by atomic mass is 32.1. The van der Waals surface area contributed by atoms with Crippen LogP contribution in [-0.2, 0) is 18.3 Å². The fourth-order valence-electron chi connectivity index (χ4n) is 9.56. The molecule has 0 atom stereocenters. The predicted octanol–water partition coefficient (Wildman–Crippen LogP) is 17.5. The Morgan fingerprint density at radius 3 is 1.24 bits per heavy atom.